The Morgan fingerprint density at radius 3 is 2.25 bits per heavy atom. The first-order valence-corrected chi connectivity index (χ1v) is 6.00. The maximum absolute atomic E-state index is 12.3. The number of carbonyl (C=O) groups is 2. The van der Waals surface area contributed by atoms with E-state index in [1.807, 2.05) is 0 Å². The highest BCUT2D eigenvalue weighted by Gasteiger charge is 2.33. The van der Waals surface area contributed by atoms with Gasteiger partial charge in [0.25, 0.3) is 0 Å². The van der Waals surface area contributed by atoms with Crippen LogP contribution in [0.2, 0.25) is 0 Å². The number of amides is 2. The fraction of sp³-hybridized carbons (Fsp3) is 0.818. The summed E-state index contributed by atoms with van der Waals surface area (Å²) in [6.45, 7) is 0.864. The minimum Gasteiger partial charge on any atom is -0.481 e. The first-order valence-electron chi connectivity index (χ1n) is 6.00. The predicted octanol–water partition coefficient (Wildman–Crippen LogP) is 1.20. The summed E-state index contributed by atoms with van der Waals surface area (Å²) in [4.78, 5) is 22.6. The van der Waals surface area contributed by atoms with Crippen LogP contribution in [0.1, 0.15) is 26.7 Å². The molecule has 0 saturated heterocycles. The van der Waals surface area contributed by atoms with Crippen LogP contribution >= 0.6 is 0 Å². The SMILES string of the molecule is CCCN(CC(F)(F)F)C(=O)NCC(C)(O)CC(=O)O. The number of aliphatic carboxylic acids is 1. The molecule has 1 unspecified atom stereocenters. The Balaban J connectivity index is 4.50. The van der Waals surface area contributed by atoms with Gasteiger partial charge in [-0.3, -0.25) is 4.79 Å². The lowest BCUT2D eigenvalue weighted by atomic mass is 10.0. The molecule has 0 aromatic heterocycles. The van der Waals surface area contributed by atoms with Crippen LogP contribution in [0.5, 0.6) is 0 Å². The molecule has 0 fully saturated rings. The average Bonchev–Trinajstić information content (AvgIpc) is 2.22. The molecular weight excluding hydrogens is 281 g/mol. The van der Waals surface area contributed by atoms with Crippen molar-refractivity contribution in [1.82, 2.24) is 10.2 Å². The Kier molecular flexibility index (Phi) is 6.77. The smallest absolute Gasteiger partial charge is 0.406 e. The van der Waals surface area contributed by atoms with Gasteiger partial charge in [0.15, 0.2) is 0 Å². The van der Waals surface area contributed by atoms with Crippen molar-refractivity contribution in [3.8, 4) is 0 Å². The molecule has 1 atom stereocenters. The summed E-state index contributed by atoms with van der Waals surface area (Å²) >= 11 is 0. The van der Waals surface area contributed by atoms with Gasteiger partial charge in [0.2, 0.25) is 0 Å². The van der Waals surface area contributed by atoms with Crippen LogP contribution in [-0.4, -0.2) is 58.5 Å². The van der Waals surface area contributed by atoms with E-state index in [0.29, 0.717) is 11.3 Å². The second-order valence-corrected chi connectivity index (χ2v) is 4.76. The molecule has 0 rings (SSSR count). The number of nitrogens with zero attached hydrogens (tertiary/aromatic N) is 1. The maximum Gasteiger partial charge on any atom is 0.406 e. The Morgan fingerprint density at radius 1 is 1.30 bits per heavy atom. The minimum absolute atomic E-state index is 0.0909. The molecule has 0 aliphatic heterocycles. The number of carboxylic acid groups (broad SMARTS) is 1. The van der Waals surface area contributed by atoms with Gasteiger partial charge >= 0.3 is 18.2 Å². The summed E-state index contributed by atoms with van der Waals surface area (Å²) in [5.74, 6) is -1.27. The summed E-state index contributed by atoms with van der Waals surface area (Å²) < 4.78 is 36.9. The Labute approximate surface area is 114 Å². The van der Waals surface area contributed by atoms with Crippen molar-refractivity contribution in [2.75, 3.05) is 19.6 Å². The number of urea groups is 1. The fourth-order valence-electron chi connectivity index (χ4n) is 1.50. The van der Waals surface area contributed by atoms with Gasteiger partial charge in [-0.2, -0.15) is 13.2 Å². The predicted molar refractivity (Wildman–Crippen MR) is 64.2 cm³/mol. The largest absolute Gasteiger partial charge is 0.481 e. The van der Waals surface area contributed by atoms with Crippen LogP contribution < -0.4 is 5.32 Å². The molecular formula is C11H19F3N2O4. The third-order valence-corrected chi connectivity index (χ3v) is 2.30. The lowest BCUT2D eigenvalue weighted by molar-refractivity contribution is -0.141. The summed E-state index contributed by atoms with van der Waals surface area (Å²) in [7, 11) is 0. The van der Waals surface area contributed by atoms with Crippen LogP contribution in [0.15, 0.2) is 0 Å². The van der Waals surface area contributed by atoms with Crippen LogP contribution in [0.4, 0.5) is 18.0 Å². The van der Waals surface area contributed by atoms with E-state index >= 15 is 0 Å². The van der Waals surface area contributed by atoms with Crippen LogP contribution in [-0.2, 0) is 4.79 Å². The molecule has 0 saturated carbocycles. The van der Waals surface area contributed by atoms with Crippen molar-refractivity contribution in [2.45, 2.75) is 38.5 Å². The van der Waals surface area contributed by atoms with Crippen molar-refractivity contribution in [1.29, 1.82) is 0 Å². The maximum atomic E-state index is 12.3. The number of carboxylic acids is 1. The van der Waals surface area contributed by atoms with Crippen molar-refractivity contribution < 1.29 is 33.0 Å². The third kappa shape index (κ3) is 8.57. The monoisotopic (exact) mass is 300 g/mol. The molecule has 6 nitrogen and oxygen atoms in total. The Bertz CT molecular complexity index is 345. The fourth-order valence-corrected chi connectivity index (χ4v) is 1.50. The normalized spacial score (nSPS) is 14.5. The highest BCUT2D eigenvalue weighted by atomic mass is 19.4. The minimum atomic E-state index is -4.52. The molecule has 118 valence electrons. The van der Waals surface area contributed by atoms with Gasteiger partial charge in [0.1, 0.15) is 6.54 Å². The van der Waals surface area contributed by atoms with Crippen molar-refractivity contribution in [3.63, 3.8) is 0 Å². The number of hydrogen-bond donors (Lipinski definition) is 3. The Morgan fingerprint density at radius 2 is 1.85 bits per heavy atom. The van der Waals surface area contributed by atoms with Crippen LogP contribution in [0.3, 0.4) is 0 Å². The van der Waals surface area contributed by atoms with E-state index in [2.05, 4.69) is 5.32 Å². The summed E-state index contributed by atoms with van der Waals surface area (Å²) in [6, 6.07) is -0.991. The molecule has 0 aliphatic carbocycles. The third-order valence-electron chi connectivity index (χ3n) is 2.30. The van der Waals surface area contributed by atoms with Crippen molar-refractivity contribution in [2.24, 2.45) is 0 Å². The second-order valence-electron chi connectivity index (χ2n) is 4.76. The van der Waals surface area contributed by atoms with Crippen LogP contribution in [0, 0.1) is 0 Å². The highest BCUT2D eigenvalue weighted by molar-refractivity contribution is 5.74. The summed E-state index contributed by atoms with van der Waals surface area (Å²) in [6.07, 6.45) is -4.80. The lowest BCUT2D eigenvalue weighted by Crippen LogP contribution is -2.49. The first-order chi connectivity index (χ1) is 8.97. The number of rotatable bonds is 7. The molecule has 20 heavy (non-hydrogen) atoms. The summed E-state index contributed by atoms with van der Waals surface area (Å²) in [5, 5.41) is 20.3. The van der Waals surface area contributed by atoms with Crippen molar-refractivity contribution in [3.05, 3.63) is 0 Å². The average molecular weight is 300 g/mol. The lowest BCUT2D eigenvalue weighted by Gasteiger charge is -2.27. The van der Waals surface area contributed by atoms with E-state index in [4.69, 9.17) is 5.11 Å². The van der Waals surface area contributed by atoms with E-state index in [1.165, 1.54) is 6.92 Å². The highest BCUT2D eigenvalue weighted by Crippen LogP contribution is 2.17. The number of alkyl halides is 3. The number of nitrogens with one attached hydrogen (secondary N) is 1. The Hall–Kier alpha value is -1.51. The topological polar surface area (TPSA) is 89.9 Å². The molecule has 0 radical (unpaired) electrons. The van der Waals surface area contributed by atoms with E-state index in [9.17, 15) is 27.9 Å². The summed E-state index contributed by atoms with van der Waals surface area (Å²) in [5.41, 5.74) is -1.72. The zero-order chi connectivity index (χ0) is 16.0. The van der Waals surface area contributed by atoms with Crippen molar-refractivity contribution >= 4 is 12.0 Å². The quantitative estimate of drug-likeness (QED) is 0.659. The van der Waals surface area contributed by atoms with E-state index < -0.39 is 43.3 Å². The molecule has 9 heteroatoms. The molecule has 0 aliphatic rings. The van der Waals surface area contributed by atoms with Gasteiger partial charge in [0.05, 0.1) is 12.0 Å². The van der Waals surface area contributed by atoms with E-state index in [1.54, 1.807) is 6.92 Å². The zero-order valence-corrected chi connectivity index (χ0v) is 11.3. The standard InChI is InChI=1S/C11H19F3N2O4/c1-3-4-16(7-11(12,13)14)9(19)15-6-10(2,20)5-8(17)18/h20H,3-7H2,1-2H3,(H,15,19)(H,17,18). The van der Waals surface area contributed by atoms with Gasteiger partial charge in [-0.15, -0.1) is 0 Å². The van der Waals surface area contributed by atoms with Gasteiger partial charge in [-0.1, -0.05) is 6.92 Å². The number of hydrogen-bond acceptors (Lipinski definition) is 3. The van der Waals surface area contributed by atoms with E-state index in [0.717, 1.165) is 0 Å². The number of carbonyl (C=O) groups excluding carboxylic acids is 1. The molecule has 0 aromatic rings. The van der Waals surface area contributed by atoms with Gasteiger partial charge < -0.3 is 20.4 Å². The van der Waals surface area contributed by atoms with Gasteiger partial charge in [-0.25, -0.2) is 4.79 Å². The van der Waals surface area contributed by atoms with Crippen LogP contribution in [0.25, 0.3) is 0 Å². The molecule has 3 N–H and O–H groups in total. The molecule has 0 heterocycles. The van der Waals surface area contributed by atoms with Gasteiger partial charge in [-0.05, 0) is 13.3 Å². The number of halogens is 3. The molecule has 0 aromatic carbocycles. The molecule has 0 spiro atoms. The van der Waals surface area contributed by atoms with Gasteiger partial charge in [0, 0.05) is 13.1 Å². The van der Waals surface area contributed by atoms with E-state index in [-0.39, 0.29) is 6.54 Å². The first kappa shape index (κ1) is 18.5. The molecule has 0 bridgehead atoms. The molecule has 2 amide bonds. The number of aliphatic hydroxyl groups is 1. The zero-order valence-electron chi connectivity index (χ0n) is 11.3. The second kappa shape index (κ2) is 7.32.